The van der Waals surface area contributed by atoms with E-state index in [9.17, 15) is 14.4 Å². The summed E-state index contributed by atoms with van der Waals surface area (Å²) in [5.41, 5.74) is 0.461. The third-order valence-corrected chi connectivity index (χ3v) is 4.85. The summed E-state index contributed by atoms with van der Waals surface area (Å²) in [4.78, 5) is 42.3. The molecule has 0 fully saturated rings. The molecule has 2 amide bonds. The van der Waals surface area contributed by atoms with Crippen LogP contribution in [0.15, 0.2) is 46.8 Å². The third-order valence-electron chi connectivity index (χ3n) is 4.03. The first-order valence-electron chi connectivity index (χ1n) is 8.59. The van der Waals surface area contributed by atoms with Gasteiger partial charge in [-0.3, -0.25) is 19.0 Å². The molecule has 0 atom stereocenters. The second-order valence-electron chi connectivity index (χ2n) is 6.28. The molecule has 3 aromatic rings. The average molecular weight is 400 g/mol. The molecule has 146 valence electrons. The zero-order valence-corrected chi connectivity index (χ0v) is 16.4. The van der Waals surface area contributed by atoms with Gasteiger partial charge in [0.2, 0.25) is 5.91 Å². The van der Waals surface area contributed by atoms with Crippen LogP contribution in [0.1, 0.15) is 6.42 Å². The highest BCUT2D eigenvalue weighted by Gasteiger charge is 2.08. The van der Waals surface area contributed by atoms with E-state index in [2.05, 4.69) is 10.3 Å². The number of hydrogen-bond donors (Lipinski definition) is 1. The molecule has 2 aromatic heterocycles. The lowest BCUT2D eigenvalue weighted by Gasteiger charge is -2.12. The van der Waals surface area contributed by atoms with Crippen LogP contribution in [0.5, 0.6) is 5.75 Å². The summed E-state index contributed by atoms with van der Waals surface area (Å²) in [6, 6.07) is 8.48. The van der Waals surface area contributed by atoms with E-state index in [4.69, 9.17) is 4.74 Å². The summed E-state index contributed by atoms with van der Waals surface area (Å²) in [5, 5.41) is 5.16. The Kier molecular flexibility index (Phi) is 6.05. The Morgan fingerprint density at radius 3 is 2.68 bits per heavy atom. The standard InChI is InChI=1S/C19H20N4O4S/c1-22(2)17(25)11-27-14-5-3-13(4-6-14)21-16(24)7-9-23-12-20-18-15(19(23)26)8-10-28-18/h3-6,8,10,12H,7,9,11H2,1-2H3,(H,21,24). The molecule has 9 heteroatoms. The van der Waals surface area contributed by atoms with Crippen molar-refractivity contribution in [3.05, 3.63) is 52.4 Å². The highest BCUT2D eigenvalue weighted by Crippen LogP contribution is 2.16. The van der Waals surface area contributed by atoms with Crippen molar-refractivity contribution in [3.63, 3.8) is 0 Å². The predicted molar refractivity (Wildman–Crippen MR) is 108 cm³/mol. The van der Waals surface area contributed by atoms with Gasteiger partial charge in [-0.25, -0.2) is 4.98 Å². The van der Waals surface area contributed by atoms with Crippen molar-refractivity contribution in [2.75, 3.05) is 26.0 Å². The molecule has 0 spiro atoms. The van der Waals surface area contributed by atoms with E-state index in [1.807, 2.05) is 5.38 Å². The van der Waals surface area contributed by atoms with Gasteiger partial charge in [0.1, 0.15) is 10.6 Å². The second-order valence-corrected chi connectivity index (χ2v) is 7.18. The van der Waals surface area contributed by atoms with E-state index >= 15 is 0 Å². The molecule has 3 rings (SSSR count). The molecule has 0 saturated carbocycles. The van der Waals surface area contributed by atoms with Gasteiger partial charge < -0.3 is 15.0 Å². The Hall–Kier alpha value is -3.20. The molecule has 28 heavy (non-hydrogen) atoms. The molecule has 0 radical (unpaired) electrons. The van der Waals surface area contributed by atoms with Gasteiger partial charge in [0.05, 0.1) is 11.7 Å². The number of nitrogens with one attached hydrogen (secondary N) is 1. The van der Waals surface area contributed by atoms with Crippen molar-refractivity contribution in [3.8, 4) is 5.75 Å². The SMILES string of the molecule is CN(C)C(=O)COc1ccc(NC(=O)CCn2cnc3sccc3c2=O)cc1. The van der Waals surface area contributed by atoms with Crippen molar-refractivity contribution in [2.45, 2.75) is 13.0 Å². The number of likely N-dealkylation sites (N-methyl/N-ethyl adjacent to an activating group) is 1. The van der Waals surface area contributed by atoms with Crippen molar-refractivity contribution in [2.24, 2.45) is 0 Å². The molecule has 0 aliphatic heterocycles. The molecule has 0 unspecified atom stereocenters. The Bertz CT molecular complexity index is 1040. The van der Waals surface area contributed by atoms with Crippen molar-refractivity contribution in [1.29, 1.82) is 0 Å². The maximum atomic E-state index is 12.3. The number of anilines is 1. The number of nitrogens with zero attached hydrogens (tertiary/aromatic N) is 3. The molecule has 2 heterocycles. The average Bonchev–Trinajstić information content (AvgIpc) is 3.16. The van der Waals surface area contributed by atoms with Crippen LogP contribution in [0.4, 0.5) is 5.69 Å². The van der Waals surface area contributed by atoms with E-state index in [1.54, 1.807) is 44.4 Å². The number of thiophene rings is 1. The zero-order valence-electron chi connectivity index (χ0n) is 15.5. The summed E-state index contributed by atoms with van der Waals surface area (Å²) in [6.45, 7) is 0.202. The number of amides is 2. The van der Waals surface area contributed by atoms with Gasteiger partial charge in [0, 0.05) is 32.7 Å². The number of fused-ring (bicyclic) bond motifs is 1. The summed E-state index contributed by atoms with van der Waals surface area (Å²) in [5.74, 6) is 0.186. The normalized spacial score (nSPS) is 10.6. The number of benzene rings is 1. The molecular formula is C19H20N4O4S. The predicted octanol–water partition coefficient (Wildman–Crippen LogP) is 1.95. The smallest absolute Gasteiger partial charge is 0.262 e. The number of aromatic nitrogens is 2. The third kappa shape index (κ3) is 4.74. The van der Waals surface area contributed by atoms with E-state index in [0.29, 0.717) is 21.7 Å². The number of aryl methyl sites for hydroxylation is 1. The first-order chi connectivity index (χ1) is 13.4. The van der Waals surface area contributed by atoms with Gasteiger partial charge in [0.25, 0.3) is 11.5 Å². The lowest BCUT2D eigenvalue weighted by molar-refractivity contribution is -0.130. The van der Waals surface area contributed by atoms with Crippen LogP contribution in [0.25, 0.3) is 10.2 Å². The molecule has 1 N–H and O–H groups in total. The van der Waals surface area contributed by atoms with Gasteiger partial charge in [0.15, 0.2) is 6.61 Å². The monoisotopic (exact) mass is 400 g/mol. The van der Waals surface area contributed by atoms with Crippen molar-refractivity contribution < 1.29 is 14.3 Å². The first-order valence-corrected chi connectivity index (χ1v) is 9.47. The molecule has 0 bridgehead atoms. The molecule has 0 aliphatic carbocycles. The topological polar surface area (TPSA) is 93.5 Å². The summed E-state index contributed by atoms with van der Waals surface area (Å²) >= 11 is 1.41. The van der Waals surface area contributed by atoms with Crippen LogP contribution < -0.4 is 15.6 Å². The number of carbonyl (C=O) groups is 2. The van der Waals surface area contributed by atoms with Gasteiger partial charge in [-0.05, 0) is 35.7 Å². The minimum absolute atomic E-state index is 0.0457. The second kappa shape index (κ2) is 8.66. The van der Waals surface area contributed by atoms with Crippen LogP contribution in [-0.2, 0) is 16.1 Å². The van der Waals surface area contributed by atoms with Crippen LogP contribution in [0.2, 0.25) is 0 Å². The maximum Gasteiger partial charge on any atom is 0.262 e. The van der Waals surface area contributed by atoms with Crippen molar-refractivity contribution >= 4 is 39.1 Å². The van der Waals surface area contributed by atoms with Crippen LogP contribution in [-0.4, -0.2) is 47.0 Å². The van der Waals surface area contributed by atoms with E-state index in [1.165, 1.54) is 27.1 Å². The fourth-order valence-corrected chi connectivity index (χ4v) is 3.13. The summed E-state index contributed by atoms with van der Waals surface area (Å²) in [7, 11) is 3.32. The highest BCUT2D eigenvalue weighted by molar-refractivity contribution is 7.16. The minimum Gasteiger partial charge on any atom is -0.484 e. The van der Waals surface area contributed by atoms with Crippen LogP contribution >= 0.6 is 11.3 Å². The van der Waals surface area contributed by atoms with Gasteiger partial charge >= 0.3 is 0 Å². The fourth-order valence-electron chi connectivity index (χ4n) is 2.41. The van der Waals surface area contributed by atoms with E-state index in [-0.39, 0.29) is 36.9 Å². The Labute approximate surface area is 165 Å². The Morgan fingerprint density at radius 1 is 1.21 bits per heavy atom. The first kappa shape index (κ1) is 19.6. The molecule has 8 nitrogen and oxygen atoms in total. The largest absolute Gasteiger partial charge is 0.484 e. The molecular weight excluding hydrogens is 380 g/mol. The van der Waals surface area contributed by atoms with Gasteiger partial charge in [-0.2, -0.15) is 0 Å². The fraction of sp³-hybridized carbons (Fsp3) is 0.263. The molecule has 0 aliphatic rings. The quantitative estimate of drug-likeness (QED) is 0.654. The maximum absolute atomic E-state index is 12.3. The van der Waals surface area contributed by atoms with Crippen molar-refractivity contribution in [1.82, 2.24) is 14.5 Å². The van der Waals surface area contributed by atoms with E-state index < -0.39 is 0 Å². The lowest BCUT2D eigenvalue weighted by atomic mass is 10.3. The van der Waals surface area contributed by atoms with Crippen LogP contribution in [0.3, 0.4) is 0 Å². The zero-order chi connectivity index (χ0) is 20.1. The highest BCUT2D eigenvalue weighted by atomic mass is 32.1. The Balaban J connectivity index is 1.52. The van der Waals surface area contributed by atoms with Gasteiger partial charge in [-0.1, -0.05) is 0 Å². The number of ether oxygens (including phenoxy) is 1. The Morgan fingerprint density at radius 2 is 1.96 bits per heavy atom. The molecule has 1 aromatic carbocycles. The van der Waals surface area contributed by atoms with E-state index in [0.717, 1.165) is 0 Å². The summed E-state index contributed by atoms with van der Waals surface area (Å²) < 4.78 is 6.83. The molecule has 0 saturated heterocycles. The lowest BCUT2D eigenvalue weighted by Crippen LogP contribution is -2.27. The summed E-state index contributed by atoms with van der Waals surface area (Å²) in [6.07, 6.45) is 1.61. The minimum atomic E-state index is -0.214. The number of carbonyl (C=O) groups excluding carboxylic acids is 2. The van der Waals surface area contributed by atoms with Gasteiger partial charge in [-0.15, -0.1) is 11.3 Å². The number of rotatable bonds is 7. The van der Waals surface area contributed by atoms with Crippen LogP contribution in [0, 0.1) is 0 Å². The number of hydrogen-bond acceptors (Lipinski definition) is 6.